The molecule has 0 radical (unpaired) electrons. The lowest BCUT2D eigenvalue weighted by molar-refractivity contribution is 0.00578. The van der Waals surface area contributed by atoms with Gasteiger partial charge in [-0.05, 0) is 40.6 Å². The van der Waals surface area contributed by atoms with Crippen molar-refractivity contribution < 1.29 is 16.2 Å². The summed E-state index contributed by atoms with van der Waals surface area (Å²) in [5.41, 5.74) is -1.12. The molecule has 1 aromatic heterocycles. The Balaban J connectivity index is 2.42. The maximum Gasteiger partial charge on any atom is 0.505 e. The van der Waals surface area contributed by atoms with Crippen LogP contribution in [0.3, 0.4) is 0 Å². The summed E-state index contributed by atoms with van der Waals surface area (Å²) < 4.78 is 49.9. The third kappa shape index (κ3) is 1.86. The highest BCUT2D eigenvalue weighted by atomic mass is 32.1. The minimum absolute atomic E-state index is 0.0905. The predicted molar refractivity (Wildman–Crippen MR) is 64.8 cm³/mol. The van der Waals surface area contributed by atoms with Crippen molar-refractivity contribution in [2.24, 2.45) is 0 Å². The van der Waals surface area contributed by atoms with Gasteiger partial charge in [-0.25, -0.2) is 0 Å². The van der Waals surface area contributed by atoms with Crippen molar-refractivity contribution in [1.29, 1.82) is 0 Å². The SMILES string of the molecule is [2H]c1c(B2OC(C)(C)C(C)(C)O2)sc(C([2H])([2H])[2H])c1[2H]. The van der Waals surface area contributed by atoms with Crippen molar-refractivity contribution in [3.8, 4) is 0 Å². The lowest BCUT2D eigenvalue weighted by Gasteiger charge is -2.32. The molecule has 1 aromatic rings. The quantitative estimate of drug-likeness (QED) is 0.688. The summed E-state index contributed by atoms with van der Waals surface area (Å²) in [4.78, 5) is -0.0905. The number of hydrogen-bond acceptors (Lipinski definition) is 3. The Kier molecular flexibility index (Phi) is 1.43. The average Bonchev–Trinajstić information content (AvgIpc) is 2.63. The van der Waals surface area contributed by atoms with Crippen LogP contribution in [0, 0.1) is 6.85 Å². The summed E-state index contributed by atoms with van der Waals surface area (Å²) >= 11 is 0.904. The fraction of sp³-hybridized carbons (Fsp3) is 0.636. The van der Waals surface area contributed by atoms with Crippen LogP contribution < -0.4 is 4.78 Å². The molecule has 0 atom stereocenters. The van der Waals surface area contributed by atoms with E-state index in [2.05, 4.69) is 0 Å². The lowest BCUT2D eigenvalue weighted by Crippen LogP contribution is -2.41. The fourth-order valence-electron chi connectivity index (χ4n) is 1.34. The number of thiophene rings is 1. The molecule has 0 spiro atoms. The van der Waals surface area contributed by atoms with Crippen LogP contribution in [0.25, 0.3) is 0 Å². The molecule has 0 unspecified atom stereocenters. The minimum Gasteiger partial charge on any atom is -0.399 e. The van der Waals surface area contributed by atoms with E-state index in [0.29, 0.717) is 4.78 Å². The van der Waals surface area contributed by atoms with E-state index < -0.39 is 25.2 Å². The molecular formula is C11H17BO2S. The van der Waals surface area contributed by atoms with Gasteiger partial charge in [-0.15, -0.1) is 11.3 Å². The highest BCUT2D eigenvalue weighted by molar-refractivity contribution is 7.22. The largest absolute Gasteiger partial charge is 0.505 e. The van der Waals surface area contributed by atoms with Gasteiger partial charge in [0.05, 0.1) is 13.9 Å². The van der Waals surface area contributed by atoms with Crippen LogP contribution in [-0.4, -0.2) is 18.3 Å². The zero-order chi connectivity index (χ0) is 15.5. The van der Waals surface area contributed by atoms with Crippen LogP contribution >= 0.6 is 11.3 Å². The molecule has 0 saturated carbocycles. The molecule has 15 heavy (non-hydrogen) atoms. The Bertz CT molecular complexity index is 522. The van der Waals surface area contributed by atoms with Gasteiger partial charge in [-0.2, -0.15) is 0 Å². The van der Waals surface area contributed by atoms with Gasteiger partial charge in [-0.3, -0.25) is 0 Å². The molecule has 2 nitrogen and oxygen atoms in total. The summed E-state index contributed by atoms with van der Waals surface area (Å²) in [5.74, 6) is 0. The first-order valence-electron chi connectivity index (χ1n) is 7.33. The van der Waals surface area contributed by atoms with Gasteiger partial charge < -0.3 is 9.31 Å². The molecule has 1 aliphatic heterocycles. The molecule has 0 bridgehead atoms. The summed E-state index contributed by atoms with van der Waals surface area (Å²) in [7, 11) is -0.794. The van der Waals surface area contributed by atoms with Crippen molar-refractivity contribution >= 4 is 23.2 Å². The summed E-state index contributed by atoms with van der Waals surface area (Å²) in [5, 5.41) is 0. The molecule has 0 aliphatic carbocycles. The first-order valence-corrected chi connectivity index (χ1v) is 5.64. The van der Waals surface area contributed by atoms with Crippen LogP contribution in [0.1, 0.15) is 39.4 Å². The van der Waals surface area contributed by atoms with Crippen LogP contribution in [0.15, 0.2) is 12.1 Å². The second kappa shape index (κ2) is 3.34. The molecule has 2 rings (SSSR count). The van der Waals surface area contributed by atoms with Gasteiger partial charge in [0, 0.05) is 13.8 Å². The van der Waals surface area contributed by atoms with Crippen molar-refractivity contribution in [3.05, 3.63) is 17.0 Å². The monoisotopic (exact) mass is 229 g/mol. The van der Waals surface area contributed by atoms with E-state index in [1.165, 1.54) is 0 Å². The summed E-state index contributed by atoms with van der Waals surface area (Å²) in [6, 6.07) is -0.390. The normalized spacial score (nSPS) is 29.1. The third-order valence-electron chi connectivity index (χ3n) is 2.98. The lowest BCUT2D eigenvalue weighted by atomic mass is 9.88. The van der Waals surface area contributed by atoms with Gasteiger partial charge in [0.2, 0.25) is 0 Å². The molecule has 1 saturated heterocycles. The van der Waals surface area contributed by atoms with Crippen LogP contribution in [0.4, 0.5) is 0 Å². The first-order chi connectivity index (χ1) is 8.87. The molecule has 0 amide bonds. The van der Waals surface area contributed by atoms with Crippen molar-refractivity contribution in [3.63, 3.8) is 0 Å². The minimum atomic E-state index is -2.39. The van der Waals surface area contributed by atoms with Crippen LogP contribution in [-0.2, 0) is 9.31 Å². The second-order valence-electron chi connectivity index (χ2n) is 4.63. The molecule has 82 valence electrons. The first kappa shape index (κ1) is 6.43. The van der Waals surface area contributed by atoms with E-state index in [9.17, 15) is 0 Å². The molecule has 2 heterocycles. The summed E-state index contributed by atoms with van der Waals surface area (Å²) in [6.45, 7) is 5.15. The van der Waals surface area contributed by atoms with Gasteiger partial charge >= 0.3 is 7.12 Å². The highest BCUT2D eigenvalue weighted by Crippen LogP contribution is 2.36. The zero-order valence-corrected chi connectivity index (χ0v) is 10.1. The second-order valence-corrected chi connectivity index (χ2v) is 5.69. The Hall–Kier alpha value is -0.315. The van der Waals surface area contributed by atoms with E-state index in [1.807, 2.05) is 27.7 Å². The maximum atomic E-state index is 7.93. The van der Waals surface area contributed by atoms with Gasteiger partial charge in [0.15, 0.2) is 0 Å². The highest BCUT2D eigenvalue weighted by Gasteiger charge is 2.52. The smallest absolute Gasteiger partial charge is 0.399 e. The van der Waals surface area contributed by atoms with Crippen molar-refractivity contribution in [2.75, 3.05) is 0 Å². The third-order valence-corrected chi connectivity index (χ3v) is 3.80. The summed E-state index contributed by atoms with van der Waals surface area (Å²) in [6.07, 6.45) is 0. The molecule has 1 fully saturated rings. The number of rotatable bonds is 1. The van der Waals surface area contributed by atoms with Crippen LogP contribution in [0.2, 0.25) is 0 Å². The Labute approximate surface area is 103 Å². The Morgan fingerprint density at radius 3 is 2.33 bits per heavy atom. The van der Waals surface area contributed by atoms with E-state index >= 15 is 0 Å². The van der Waals surface area contributed by atoms with E-state index in [-0.39, 0.29) is 17.0 Å². The van der Waals surface area contributed by atoms with E-state index in [4.69, 9.17) is 16.2 Å². The van der Waals surface area contributed by atoms with Gasteiger partial charge in [-0.1, -0.05) is 6.04 Å². The average molecular weight is 229 g/mol. The van der Waals surface area contributed by atoms with Crippen molar-refractivity contribution in [2.45, 2.75) is 45.7 Å². The van der Waals surface area contributed by atoms with E-state index in [1.54, 1.807) is 0 Å². The maximum absolute atomic E-state index is 7.93. The van der Waals surface area contributed by atoms with Gasteiger partial charge in [0.1, 0.15) is 0 Å². The zero-order valence-electron chi connectivity index (χ0n) is 14.3. The van der Waals surface area contributed by atoms with E-state index in [0.717, 1.165) is 11.3 Å². The number of aryl methyl sites for hydroxylation is 1. The Morgan fingerprint density at radius 1 is 1.27 bits per heavy atom. The van der Waals surface area contributed by atoms with Gasteiger partial charge in [0.25, 0.3) is 0 Å². The molecule has 1 aliphatic rings. The fourth-order valence-corrected chi connectivity index (χ4v) is 1.95. The topological polar surface area (TPSA) is 18.5 Å². The molecule has 4 heteroatoms. The molecular weight excluding hydrogens is 207 g/mol. The molecule has 0 N–H and O–H groups in total. The predicted octanol–water partition coefficient (Wildman–Crippen LogP) is 2.36. The van der Waals surface area contributed by atoms with Crippen LogP contribution in [0.5, 0.6) is 0 Å². The van der Waals surface area contributed by atoms with Crippen molar-refractivity contribution in [1.82, 2.24) is 0 Å². The standard InChI is InChI=1S/C11H17BO2S/c1-8-6-7-9(15-8)12-13-10(2,3)11(4,5)14-12/h6-7H,1-5H3/i1D3,6D,7D. The number of hydrogen-bond donors (Lipinski definition) is 0. The molecule has 0 aromatic carbocycles. The Morgan fingerprint density at radius 2 is 1.87 bits per heavy atom.